The van der Waals surface area contributed by atoms with Crippen LogP contribution in [-0.2, 0) is 4.79 Å². The molecule has 19 heavy (non-hydrogen) atoms. The van der Waals surface area contributed by atoms with Crippen LogP contribution < -0.4 is 5.32 Å². The van der Waals surface area contributed by atoms with Gasteiger partial charge in [-0.15, -0.1) is 0 Å². The minimum Gasteiger partial charge on any atom is -0.380 e. The summed E-state index contributed by atoms with van der Waals surface area (Å²) in [4.78, 5) is 12.0. The Kier molecular flexibility index (Phi) is 4.25. The zero-order valence-corrected chi connectivity index (χ0v) is 11.8. The highest BCUT2D eigenvalue weighted by atomic mass is 16.3. The van der Waals surface area contributed by atoms with Crippen LogP contribution in [0.15, 0.2) is 24.3 Å². The van der Waals surface area contributed by atoms with Crippen molar-refractivity contribution in [2.45, 2.75) is 51.0 Å². The van der Waals surface area contributed by atoms with Crippen molar-refractivity contribution in [2.24, 2.45) is 0 Å². The van der Waals surface area contributed by atoms with Crippen molar-refractivity contribution >= 4 is 5.91 Å². The van der Waals surface area contributed by atoms with Gasteiger partial charge in [0.05, 0.1) is 0 Å². The van der Waals surface area contributed by atoms with Gasteiger partial charge >= 0.3 is 0 Å². The number of hydrogen-bond donors (Lipinski definition) is 2. The highest BCUT2D eigenvalue weighted by Crippen LogP contribution is 2.29. The molecule has 0 bridgehead atoms. The molecule has 104 valence electrons. The fourth-order valence-electron chi connectivity index (χ4n) is 2.69. The maximum absolute atomic E-state index is 12.0. The maximum Gasteiger partial charge on any atom is 0.251 e. The summed E-state index contributed by atoms with van der Waals surface area (Å²) in [5, 5.41) is 13.1. The Bertz CT molecular complexity index is 450. The number of aryl methyl sites for hydroxylation is 1. The van der Waals surface area contributed by atoms with Gasteiger partial charge in [-0.2, -0.15) is 0 Å². The van der Waals surface area contributed by atoms with Gasteiger partial charge in [0, 0.05) is 6.54 Å². The van der Waals surface area contributed by atoms with Crippen LogP contribution in [0.2, 0.25) is 0 Å². The summed E-state index contributed by atoms with van der Waals surface area (Å²) in [7, 11) is 0. The summed E-state index contributed by atoms with van der Waals surface area (Å²) in [6.07, 6.45) is 3.07. The molecule has 0 heterocycles. The first kappa shape index (κ1) is 14.1. The van der Waals surface area contributed by atoms with E-state index in [4.69, 9.17) is 0 Å². The van der Waals surface area contributed by atoms with Gasteiger partial charge in [-0.3, -0.25) is 4.79 Å². The van der Waals surface area contributed by atoms with Crippen LogP contribution in [0.1, 0.15) is 49.7 Å². The van der Waals surface area contributed by atoms with Crippen LogP contribution in [0.4, 0.5) is 0 Å². The van der Waals surface area contributed by atoms with E-state index in [1.54, 1.807) is 0 Å². The summed E-state index contributed by atoms with van der Waals surface area (Å²) in [6, 6.07) is 8.32. The molecule has 1 unspecified atom stereocenters. The van der Waals surface area contributed by atoms with Crippen molar-refractivity contribution < 1.29 is 9.90 Å². The molecule has 0 saturated heterocycles. The lowest BCUT2D eigenvalue weighted by Crippen LogP contribution is -2.45. The molecule has 0 aliphatic heterocycles. The molecule has 3 heteroatoms. The molecule has 1 amide bonds. The Morgan fingerprint density at radius 1 is 1.42 bits per heavy atom. The summed E-state index contributed by atoms with van der Waals surface area (Å²) in [6.45, 7) is 4.73. The number of hydrogen-bond acceptors (Lipinski definition) is 2. The van der Waals surface area contributed by atoms with E-state index in [1.165, 1.54) is 11.1 Å². The predicted octanol–water partition coefficient (Wildman–Crippen LogP) is 2.52. The van der Waals surface area contributed by atoms with Crippen LogP contribution in [0.5, 0.6) is 0 Å². The first-order chi connectivity index (χ1) is 9.01. The second-order valence-corrected chi connectivity index (χ2v) is 5.76. The van der Waals surface area contributed by atoms with Crippen molar-refractivity contribution in [2.75, 3.05) is 6.54 Å². The molecule has 1 aromatic rings. The summed E-state index contributed by atoms with van der Waals surface area (Å²) in [5.41, 5.74) is 1.33. The number of benzene rings is 1. The Balaban J connectivity index is 1.90. The van der Waals surface area contributed by atoms with E-state index in [9.17, 15) is 9.90 Å². The molecule has 0 radical (unpaired) electrons. The first-order valence-corrected chi connectivity index (χ1v) is 7.08. The van der Waals surface area contributed by atoms with Crippen molar-refractivity contribution in [3.8, 4) is 0 Å². The van der Waals surface area contributed by atoms with Crippen molar-refractivity contribution in [3.63, 3.8) is 0 Å². The van der Waals surface area contributed by atoms with Gasteiger partial charge in [-0.25, -0.2) is 0 Å². The van der Waals surface area contributed by atoms with E-state index in [2.05, 4.69) is 37.4 Å². The number of rotatable bonds is 4. The van der Waals surface area contributed by atoms with Crippen molar-refractivity contribution in [1.29, 1.82) is 0 Å². The first-order valence-electron chi connectivity index (χ1n) is 7.08. The summed E-state index contributed by atoms with van der Waals surface area (Å²) >= 11 is 0. The standard InChI is InChI=1S/C16H23NO2/c1-12-6-5-7-14(10-12)13(2)11-17-15(18)16(19)8-3-4-9-16/h5-7,10,13,19H,3-4,8-9,11H2,1-2H3,(H,17,18). The molecule has 2 N–H and O–H groups in total. The van der Waals surface area contributed by atoms with Crippen LogP contribution in [0.3, 0.4) is 0 Å². The molecule has 1 aliphatic rings. The highest BCUT2D eigenvalue weighted by molar-refractivity contribution is 5.85. The topological polar surface area (TPSA) is 49.3 Å². The number of nitrogens with one attached hydrogen (secondary N) is 1. The fraction of sp³-hybridized carbons (Fsp3) is 0.562. The molecule has 0 spiro atoms. The average molecular weight is 261 g/mol. The van der Waals surface area contributed by atoms with Crippen molar-refractivity contribution in [3.05, 3.63) is 35.4 Å². The minimum absolute atomic E-state index is 0.204. The molecule has 0 aromatic heterocycles. The van der Waals surface area contributed by atoms with Gasteiger partial charge in [0.1, 0.15) is 5.60 Å². The Hall–Kier alpha value is -1.35. The van der Waals surface area contributed by atoms with Gasteiger partial charge < -0.3 is 10.4 Å². The second kappa shape index (κ2) is 5.74. The van der Waals surface area contributed by atoms with E-state index in [0.29, 0.717) is 19.4 Å². The quantitative estimate of drug-likeness (QED) is 0.875. The lowest BCUT2D eigenvalue weighted by molar-refractivity contribution is -0.139. The normalized spacial score (nSPS) is 19.1. The molecule has 3 nitrogen and oxygen atoms in total. The molecule has 1 saturated carbocycles. The SMILES string of the molecule is Cc1cccc(C(C)CNC(=O)C2(O)CCCC2)c1. The average Bonchev–Trinajstić information content (AvgIpc) is 2.84. The molecule has 1 aliphatic carbocycles. The minimum atomic E-state index is -1.12. The second-order valence-electron chi connectivity index (χ2n) is 5.76. The molecule has 1 aromatic carbocycles. The highest BCUT2D eigenvalue weighted by Gasteiger charge is 2.38. The molecular weight excluding hydrogens is 238 g/mol. The number of carbonyl (C=O) groups is 1. The molecule has 2 rings (SSSR count). The maximum atomic E-state index is 12.0. The lowest BCUT2D eigenvalue weighted by atomic mass is 9.98. The van der Waals surface area contributed by atoms with Crippen LogP contribution in [0.25, 0.3) is 0 Å². The third-order valence-electron chi connectivity index (χ3n) is 4.03. The molecule has 1 fully saturated rings. The third kappa shape index (κ3) is 3.35. The largest absolute Gasteiger partial charge is 0.380 e. The van der Waals surface area contributed by atoms with Crippen molar-refractivity contribution in [1.82, 2.24) is 5.32 Å². The Morgan fingerprint density at radius 2 is 2.11 bits per heavy atom. The number of aliphatic hydroxyl groups is 1. The third-order valence-corrected chi connectivity index (χ3v) is 4.03. The lowest BCUT2D eigenvalue weighted by Gasteiger charge is -2.22. The zero-order valence-electron chi connectivity index (χ0n) is 11.8. The van der Waals surface area contributed by atoms with Gasteiger partial charge in [0.15, 0.2) is 0 Å². The smallest absolute Gasteiger partial charge is 0.251 e. The number of amides is 1. The van der Waals surface area contributed by atoms with Gasteiger partial charge in [0.2, 0.25) is 0 Å². The van der Waals surface area contributed by atoms with Crippen LogP contribution in [0, 0.1) is 6.92 Å². The summed E-state index contributed by atoms with van der Waals surface area (Å²) < 4.78 is 0. The van der Waals surface area contributed by atoms with Crippen LogP contribution >= 0.6 is 0 Å². The van der Waals surface area contributed by atoms with Gasteiger partial charge in [-0.1, -0.05) is 36.8 Å². The monoisotopic (exact) mass is 261 g/mol. The predicted molar refractivity (Wildman–Crippen MR) is 76.0 cm³/mol. The molecular formula is C16H23NO2. The summed E-state index contributed by atoms with van der Waals surface area (Å²) in [5.74, 6) is 0.0540. The van der Waals surface area contributed by atoms with E-state index in [1.807, 2.05) is 6.07 Å². The van der Waals surface area contributed by atoms with Gasteiger partial charge in [0.25, 0.3) is 5.91 Å². The number of carbonyl (C=O) groups excluding carboxylic acids is 1. The van der Waals surface area contributed by atoms with E-state index < -0.39 is 5.60 Å². The van der Waals surface area contributed by atoms with E-state index in [-0.39, 0.29) is 11.8 Å². The van der Waals surface area contributed by atoms with Gasteiger partial charge in [-0.05, 0) is 44.1 Å². The van der Waals surface area contributed by atoms with E-state index >= 15 is 0 Å². The van der Waals surface area contributed by atoms with E-state index in [0.717, 1.165) is 12.8 Å². The zero-order chi connectivity index (χ0) is 13.9. The van der Waals surface area contributed by atoms with Crippen LogP contribution in [-0.4, -0.2) is 23.2 Å². The fourth-order valence-corrected chi connectivity index (χ4v) is 2.69. The Morgan fingerprint density at radius 3 is 2.74 bits per heavy atom. The molecule has 1 atom stereocenters. The Labute approximate surface area is 115 Å².